The molecule has 0 aliphatic carbocycles. The largest absolute Gasteiger partial charge is 0.339 e. The molecule has 0 bridgehead atoms. The molecule has 2 aromatic rings. The molecule has 0 saturated carbocycles. The maximum absolute atomic E-state index is 13.1. The lowest BCUT2D eigenvalue weighted by Crippen LogP contribution is -2.53. The number of benzene rings is 1. The molecule has 160 valence electrons. The first-order valence-corrected chi connectivity index (χ1v) is 12.0. The van der Waals surface area contributed by atoms with Gasteiger partial charge in [-0.3, -0.25) is 4.79 Å². The Morgan fingerprint density at radius 2 is 1.67 bits per heavy atom. The second-order valence-electron chi connectivity index (χ2n) is 7.80. The number of amides is 1. The zero-order valence-electron chi connectivity index (χ0n) is 16.9. The molecule has 1 aromatic carbocycles. The Kier molecular flexibility index (Phi) is 6.29. The molecule has 4 rings (SSSR count). The highest BCUT2D eigenvalue weighted by atomic mass is 32.2. The van der Waals surface area contributed by atoms with Crippen molar-refractivity contribution in [3.63, 3.8) is 0 Å². The summed E-state index contributed by atoms with van der Waals surface area (Å²) in [6.45, 7) is 3.32. The maximum atomic E-state index is 13.1. The second-order valence-corrected chi connectivity index (χ2v) is 9.77. The monoisotopic (exact) mass is 429 g/mol. The molecule has 0 radical (unpaired) electrons. The summed E-state index contributed by atoms with van der Waals surface area (Å²) >= 11 is 0. The van der Waals surface area contributed by atoms with Crippen LogP contribution in [0, 0.1) is 5.92 Å². The van der Waals surface area contributed by atoms with Crippen LogP contribution in [0.1, 0.15) is 18.4 Å². The van der Waals surface area contributed by atoms with Crippen LogP contribution >= 0.6 is 0 Å². The summed E-state index contributed by atoms with van der Waals surface area (Å²) in [6.07, 6.45) is 4.87. The first-order valence-electron chi connectivity index (χ1n) is 10.4. The Hall–Kier alpha value is -2.52. The normalized spacial score (nSPS) is 20.9. The molecule has 2 aliphatic rings. The van der Waals surface area contributed by atoms with Gasteiger partial charge >= 0.3 is 0 Å². The zero-order chi connectivity index (χ0) is 21.0. The molecular weight excluding hydrogens is 402 g/mol. The van der Waals surface area contributed by atoms with E-state index in [9.17, 15) is 13.2 Å². The van der Waals surface area contributed by atoms with Crippen LogP contribution in [0.3, 0.4) is 0 Å². The Morgan fingerprint density at radius 1 is 0.967 bits per heavy atom. The number of rotatable bonds is 5. The third kappa shape index (κ3) is 4.79. The van der Waals surface area contributed by atoms with Gasteiger partial charge in [0.2, 0.25) is 21.9 Å². The fraction of sp³-hybridized carbons (Fsp3) is 0.476. The van der Waals surface area contributed by atoms with Gasteiger partial charge in [-0.2, -0.15) is 0 Å². The lowest BCUT2D eigenvalue weighted by molar-refractivity contribution is -0.137. The molecule has 30 heavy (non-hydrogen) atoms. The van der Waals surface area contributed by atoms with Crippen molar-refractivity contribution in [3.8, 4) is 0 Å². The van der Waals surface area contributed by atoms with Crippen LogP contribution in [0.2, 0.25) is 0 Å². The molecule has 1 amide bonds. The smallest absolute Gasteiger partial charge is 0.227 e. The number of sulfonamides is 1. The van der Waals surface area contributed by atoms with Crippen LogP contribution in [0.4, 0.5) is 5.95 Å². The summed E-state index contributed by atoms with van der Waals surface area (Å²) in [5.41, 5.74) is 0.769. The van der Waals surface area contributed by atoms with Crippen LogP contribution in [0.5, 0.6) is 0 Å². The third-order valence-corrected chi connectivity index (χ3v) is 7.56. The average molecular weight is 430 g/mol. The number of carbonyl (C=O) groups excluding carboxylic acids is 1. The van der Waals surface area contributed by atoms with Gasteiger partial charge in [-0.15, -0.1) is 0 Å². The van der Waals surface area contributed by atoms with Crippen molar-refractivity contribution in [2.45, 2.75) is 18.6 Å². The number of hydrogen-bond acceptors (Lipinski definition) is 6. The molecule has 0 N–H and O–H groups in total. The minimum absolute atomic E-state index is 0.0233. The Balaban J connectivity index is 1.35. The van der Waals surface area contributed by atoms with Crippen molar-refractivity contribution in [3.05, 3.63) is 54.4 Å². The summed E-state index contributed by atoms with van der Waals surface area (Å²) < 4.78 is 27.3. The van der Waals surface area contributed by atoms with E-state index in [4.69, 9.17) is 0 Å². The fourth-order valence-corrected chi connectivity index (χ4v) is 5.72. The van der Waals surface area contributed by atoms with E-state index in [1.165, 1.54) is 4.31 Å². The molecule has 3 heterocycles. The van der Waals surface area contributed by atoms with Crippen LogP contribution in [-0.4, -0.2) is 72.8 Å². The zero-order valence-corrected chi connectivity index (χ0v) is 17.7. The minimum atomic E-state index is -3.44. The molecule has 1 unspecified atom stereocenters. The summed E-state index contributed by atoms with van der Waals surface area (Å²) in [7, 11) is -3.44. The summed E-state index contributed by atoms with van der Waals surface area (Å²) in [6, 6.07) is 11.0. The van der Waals surface area contributed by atoms with E-state index in [0.29, 0.717) is 45.1 Å². The second kappa shape index (κ2) is 9.09. The lowest BCUT2D eigenvalue weighted by Gasteiger charge is -2.38. The van der Waals surface area contributed by atoms with E-state index in [0.717, 1.165) is 12.0 Å². The fourth-order valence-electron chi connectivity index (χ4n) is 4.11. The number of piperidine rings is 1. The molecule has 2 fully saturated rings. The lowest BCUT2D eigenvalue weighted by atomic mass is 9.98. The van der Waals surface area contributed by atoms with E-state index >= 15 is 0 Å². The highest BCUT2D eigenvalue weighted by Gasteiger charge is 2.35. The van der Waals surface area contributed by atoms with Gasteiger partial charge < -0.3 is 9.80 Å². The quantitative estimate of drug-likeness (QED) is 0.714. The average Bonchev–Trinajstić information content (AvgIpc) is 2.80. The van der Waals surface area contributed by atoms with Crippen molar-refractivity contribution >= 4 is 21.9 Å². The molecule has 0 spiro atoms. The summed E-state index contributed by atoms with van der Waals surface area (Å²) in [4.78, 5) is 25.6. The Morgan fingerprint density at radius 3 is 2.37 bits per heavy atom. The van der Waals surface area contributed by atoms with Crippen molar-refractivity contribution in [1.82, 2.24) is 19.2 Å². The molecule has 8 nitrogen and oxygen atoms in total. The Bertz CT molecular complexity index is 947. The number of anilines is 1. The van der Waals surface area contributed by atoms with E-state index in [-0.39, 0.29) is 24.1 Å². The minimum Gasteiger partial charge on any atom is -0.339 e. The van der Waals surface area contributed by atoms with Gasteiger partial charge in [0.05, 0.1) is 11.7 Å². The molecular formula is C21H27N5O3S. The van der Waals surface area contributed by atoms with Crippen molar-refractivity contribution in [2.75, 3.05) is 44.2 Å². The van der Waals surface area contributed by atoms with Crippen molar-refractivity contribution in [1.29, 1.82) is 0 Å². The van der Waals surface area contributed by atoms with E-state index in [1.54, 1.807) is 18.5 Å². The highest BCUT2D eigenvalue weighted by molar-refractivity contribution is 7.88. The predicted molar refractivity (Wildman–Crippen MR) is 114 cm³/mol. The van der Waals surface area contributed by atoms with Crippen LogP contribution < -0.4 is 4.90 Å². The van der Waals surface area contributed by atoms with Gasteiger partial charge in [0, 0.05) is 51.7 Å². The maximum Gasteiger partial charge on any atom is 0.227 e. The van der Waals surface area contributed by atoms with Gasteiger partial charge in [-0.25, -0.2) is 22.7 Å². The van der Waals surface area contributed by atoms with Gasteiger partial charge in [0.15, 0.2) is 0 Å². The van der Waals surface area contributed by atoms with Crippen LogP contribution in [-0.2, 0) is 20.6 Å². The van der Waals surface area contributed by atoms with Crippen molar-refractivity contribution in [2.24, 2.45) is 5.92 Å². The number of nitrogens with zero attached hydrogens (tertiary/aromatic N) is 5. The van der Waals surface area contributed by atoms with Gasteiger partial charge in [-0.05, 0) is 24.5 Å². The summed E-state index contributed by atoms with van der Waals surface area (Å²) in [5.74, 6) is 0.442. The molecule has 1 aromatic heterocycles. The van der Waals surface area contributed by atoms with Crippen molar-refractivity contribution < 1.29 is 13.2 Å². The number of aromatic nitrogens is 2. The molecule has 1 atom stereocenters. The predicted octanol–water partition coefficient (Wildman–Crippen LogP) is 1.37. The van der Waals surface area contributed by atoms with E-state index in [2.05, 4.69) is 14.9 Å². The number of hydrogen-bond donors (Lipinski definition) is 0. The number of piperazine rings is 1. The standard InChI is InChI=1S/C21H27N5O3S/c27-20(24-12-14-25(15-13-24)21-22-9-5-10-23-21)19-8-4-11-26(16-19)30(28,29)17-18-6-2-1-3-7-18/h1-3,5-7,9-10,19H,4,8,11-17H2. The van der Waals surface area contributed by atoms with Crippen LogP contribution in [0.25, 0.3) is 0 Å². The first-order chi connectivity index (χ1) is 14.5. The van der Waals surface area contributed by atoms with E-state index < -0.39 is 10.0 Å². The Labute approximate surface area is 177 Å². The van der Waals surface area contributed by atoms with Gasteiger partial charge in [-0.1, -0.05) is 30.3 Å². The topological polar surface area (TPSA) is 86.7 Å². The molecule has 2 aliphatic heterocycles. The van der Waals surface area contributed by atoms with Gasteiger partial charge in [0.1, 0.15) is 0 Å². The van der Waals surface area contributed by atoms with Crippen LogP contribution in [0.15, 0.2) is 48.8 Å². The summed E-state index contributed by atoms with van der Waals surface area (Å²) in [5, 5.41) is 0. The molecule has 2 saturated heterocycles. The highest BCUT2D eigenvalue weighted by Crippen LogP contribution is 2.24. The first kappa shape index (κ1) is 20.7. The van der Waals surface area contributed by atoms with Gasteiger partial charge in [0.25, 0.3) is 0 Å². The number of carbonyl (C=O) groups is 1. The van der Waals surface area contributed by atoms with E-state index in [1.807, 2.05) is 35.2 Å². The molecule has 9 heteroatoms. The SMILES string of the molecule is O=C(C1CCCN(S(=O)(=O)Cc2ccccc2)C1)N1CCN(c2ncccn2)CC1. The third-order valence-electron chi connectivity index (χ3n) is 5.74.